The van der Waals surface area contributed by atoms with Crippen LogP contribution in [0, 0.1) is 52.6 Å². The summed E-state index contributed by atoms with van der Waals surface area (Å²) >= 11 is 0. The first kappa shape index (κ1) is 87.2. The van der Waals surface area contributed by atoms with E-state index in [1.807, 2.05) is 104 Å². The van der Waals surface area contributed by atoms with Gasteiger partial charge in [-0.3, -0.25) is 18.7 Å². The molecule has 0 saturated heterocycles. The van der Waals surface area contributed by atoms with Gasteiger partial charge in [0.2, 0.25) is 34.8 Å². The summed E-state index contributed by atoms with van der Waals surface area (Å²) in [4.78, 5) is 64.2. The fraction of sp³-hybridized carbons (Fsp3) is 0.442. The molecule has 26 heteroatoms. The van der Waals surface area contributed by atoms with Gasteiger partial charge < -0.3 is 48.1 Å². The van der Waals surface area contributed by atoms with E-state index in [4.69, 9.17) is 38.4 Å². The van der Waals surface area contributed by atoms with Crippen molar-refractivity contribution in [3.63, 3.8) is 0 Å². The number of carbonyl (C=O) groups is 4. The van der Waals surface area contributed by atoms with E-state index in [-0.39, 0.29) is 79.8 Å². The Morgan fingerprint density at radius 2 is 0.920 bits per heavy atom. The van der Waals surface area contributed by atoms with Crippen LogP contribution in [-0.4, -0.2) is 150 Å². The van der Waals surface area contributed by atoms with Crippen molar-refractivity contribution in [2.45, 2.75) is 154 Å². The molecule has 0 spiro atoms. The summed E-state index contributed by atoms with van der Waals surface area (Å²) in [5, 5.41) is 9.22. The molecule has 2 aromatic heterocycles. The Hall–Kier alpha value is -8.77. The van der Waals surface area contributed by atoms with E-state index in [9.17, 15) is 55.0 Å². The maximum Gasteiger partial charge on any atom is 1.00 e. The van der Waals surface area contributed by atoms with Crippen molar-refractivity contribution >= 4 is 45.9 Å². The molecule has 7 aromatic carbocycles. The molecular formula is C86H99F7LiN6O12+. The van der Waals surface area contributed by atoms with Crippen LogP contribution >= 0.6 is 0 Å². The third kappa shape index (κ3) is 20.8. The van der Waals surface area contributed by atoms with Gasteiger partial charge in [-0.2, -0.15) is 8.78 Å². The number of rotatable bonds is 35. The number of para-hydroxylation sites is 4. The van der Waals surface area contributed by atoms with Gasteiger partial charge in [-0.15, -0.1) is 0 Å². The molecule has 0 radical (unpaired) electrons. The van der Waals surface area contributed by atoms with Gasteiger partial charge in [-0.25, -0.2) is 41.5 Å². The summed E-state index contributed by atoms with van der Waals surface area (Å²) in [5.41, 5.74) is 8.60. The van der Waals surface area contributed by atoms with E-state index in [1.165, 1.54) is 26.4 Å². The van der Waals surface area contributed by atoms with Crippen molar-refractivity contribution in [2.24, 2.45) is 11.8 Å². The second-order valence-electron chi connectivity index (χ2n) is 29.4. The van der Waals surface area contributed by atoms with E-state index in [0.717, 1.165) is 86.5 Å². The van der Waals surface area contributed by atoms with Gasteiger partial charge in [-0.1, -0.05) is 113 Å². The minimum Gasteiger partial charge on any atom is -0.481 e. The van der Waals surface area contributed by atoms with Crippen molar-refractivity contribution in [1.29, 1.82) is 0 Å². The summed E-state index contributed by atoms with van der Waals surface area (Å²) in [6.45, 7) is 15.6. The maximum atomic E-state index is 14.3. The normalized spacial score (nSPS) is 17.3. The van der Waals surface area contributed by atoms with Crippen LogP contribution < -0.4 is 23.6 Å². The first-order valence-electron chi connectivity index (χ1n) is 37.8. The molecular weight excluding hydrogens is 1450 g/mol. The molecule has 2 aliphatic carbocycles. The second kappa shape index (κ2) is 39.8. The number of carbonyl (C=O) groups excluding carboxylic acids is 3. The number of aromatic nitrogens is 4. The molecule has 0 amide bonds. The summed E-state index contributed by atoms with van der Waals surface area (Å²) in [7, 11) is 7.05. The summed E-state index contributed by atoms with van der Waals surface area (Å²) in [6, 6.07) is 39.7. The molecule has 2 unspecified atom stereocenters. The first-order chi connectivity index (χ1) is 53.2. The number of methoxy groups -OCH3 is 2. The molecule has 0 saturated carbocycles. The summed E-state index contributed by atoms with van der Waals surface area (Å²) in [6.07, 6.45) is 4.82. The van der Waals surface area contributed by atoms with Gasteiger partial charge in [0.05, 0.1) is 34.9 Å². The topological polar surface area (TPSA) is 195 Å². The third-order valence-corrected chi connectivity index (χ3v) is 20.9. The third-order valence-electron chi connectivity index (χ3n) is 20.9. The Labute approximate surface area is 661 Å². The van der Waals surface area contributed by atoms with E-state index in [2.05, 4.69) is 59.9 Å². The number of carboxylic acids is 1. The number of nitrogens with zero attached hydrogens (tertiary/aromatic N) is 6. The van der Waals surface area contributed by atoms with Gasteiger partial charge in [0.25, 0.3) is 0 Å². The predicted octanol–water partition coefficient (Wildman–Crippen LogP) is 13.1. The largest absolute Gasteiger partial charge is 1.00 e. The van der Waals surface area contributed by atoms with Crippen molar-refractivity contribution < 1.29 is 107 Å². The maximum absolute atomic E-state index is 14.3. The zero-order valence-electron chi connectivity index (χ0n) is 65.6. The Balaban J connectivity index is 0.000000260. The van der Waals surface area contributed by atoms with E-state index in [0.29, 0.717) is 95.3 Å². The van der Waals surface area contributed by atoms with Gasteiger partial charge in [0.15, 0.2) is 12.5 Å². The average molecular weight is 1550 g/mol. The van der Waals surface area contributed by atoms with Crippen LogP contribution in [0.5, 0.6) is 5.75 Å². The smallest absolute Gasteiger partial charge is 0.481 e. The first-order valence-corrected chi connectivity index (χ1v) is 37.8. The Morgan fingerprint density at radius 3 is 1.30 bits per heavy atom. The van der Waals surface area contributed by atoms with Gasteiger partial charge >= 0.3 is 42.7 Å². The predicted molar refractivity (Wildman–Crippen MR) is 406 cm³/mol. The van der Waals surface area contributed by atoms with Crippen molar-refractivity contribution in [2.75, 3.05) is 80.9 Å². The van der Waals surface area contributed by atoms with Crippen molar-refractivity contribution in [1.82, 2.24) is 28.9 Å². The van der Waals surface area contributed by atoms with Gasteiger partial charge in [0.1, 0.15) is 47.7 Å². The number of aliphatic carboxylic acids is 1. The van der Waals surface area contributed by atoms with E-state index >= 15 is 0 Å². The molecule has 594 valence electrons. The van der Waals surface area contributed by atoms with Crippen LogP contribution in [0.4, 0.5) is 30.7 Å². The Kier molecular flexibility index (Phi) is 31.0. The molecule has 11 rings (SSSR count). The van der Waals surface area contributed by atoms with Crippen LogP contribution in [0.1, 0.15) is 161 Å². The van der Waals surface area contributed by atoms with Crippen molar-refractivity contribution in [3.8, 4) is 5.75 Å². The molecule has 0 bridgehead atoms. The number of carboxylic acid groups (broad SMARTS) is 1. The van der Waals surface area contributed by atoms with Crippen LogP contribution in [-0.2, 0) is 86.1 Å². The number of hydrogen-bond donors (Lipinski definition) is 1. The summed E-state index contributed by atoms with van der Waals surface area (Å²) < 4.78 is 142. The zero-order chi connectivity index (χ0) is 79.8. The second-order valence-corrected chi connectivity index (χ2v) is 29.4. The average Bonchev–Trinajstić information content (AvgIpc) is 1.10. The minimum atomic E-state index is -2.36. The standard InChI is InChI=1S/C46H49F6N3O6.C40H50FN3O6.Li/c1-6-59-45(29-15-13-28(14-16-29)24-36(56)60-44-42(51)40(49)39(48)41(50)43(44)52)55-34-11-8-7-10-33(34)53-35(55)12-9-22-54(4)23-21-46(61-37(57)26-58-5)20-19-30-25-31(47)17-18-32(30)38(46)27(2)3;1-6-49-39(29-15-13-28(14-16-29)24-36(45)46)44-34-11-8-7-10-33(34)42-35(44)12-9-22-43(4)23-21-40(50-37(47)26-48-5)20-19-30-25-31(41)17-18-32(30)38(40)27(2)3;/h7-8,10-11,13-18,25,27,38,45H,6,9,12,19-24,26H2,1-5H3;7-8,10-11,13-18,25,27,38-39H,6,9,12,19-24,26H2,1-5H3,(H,45,46);/q;;+1/t38-,45?,46-;38-,39?,40-;/m00./s1. The van der Waals surface area contributed by atoms with E-state index in [1.54, 1.807) is 36.4 Å². The number of benzene rings is 7. The summed E-state index contributed by atoms with van der Waals surface area (Å²) in [5.74, 6) is -14.7. The number of ether oxygens (including phenoxy) is 7. The number of fused-ring (bicyclic) bond motifs is 4. The molecule has 2 heterocycles. The fourth-order valence-electron chi connectivity index (χ4n) is 16.1. The Morgan fingerprint density at radius 1 is 0.527 bits per heavy atom. The van der Waals surface area contributed by atoms with Gasteiger partial charge in [0, 0.05) is 89.2 Å². The molecule has 18 nitrogen and oxygen atoms in total. The molecule has 0 fully saturated rings. The SMILES string of the molecule is CCOC(c1ccc(CC(=O)O)cc1)n1c(CCCN(C)CC[C@@]2(OC(=O)COC)CCc3cc(F)ccc3[C@@H]2C(C)C)nc2ccccc21.CCOC(c1ccc(CC(=O)Oc2c(F)c(F)c(F)c(F)c2F)cc1)n1c(CCCN(C)CC[C@@]2(OC(=O)COC)CCc3cc(F)ccc3[C@@H]2C(C)C)nc2ccccc21.[Li+]. The minimum absolute atomic E-state index is 0. The number of hydrogen-bond acceptors (Lipinski definition) is 15. The van der Waals surface area contributed by atoms with Crippen LogP contribution in [0.3, 0.4) is 0 Å². The van der Waals surface area contributed by atoms with E-state index < -0.39 is 82.8 Å². The molecule has 112 heavy (non-hydrogen) atoms. The Bertz CT molecular complexity index is 4670. The monoisotopic (exact) mass is 1550 g/mol. The number of halogens is 7. The van der Waals surface area contributed by atoms with Crippen LogP contribution in [0.25, 0.3) is 22.1 Å². The quantitative estimate of drug-likeness (QED) is 0.00983. The zero-order valence-corrected chi connectivity index (χ0v) is 65.6. The fourth-order valence-corrected chi connectivity index (χ4v) is 16.1. The van der Waals surface area contributed by atoms with Crippen molar-refractivity contribution in [3.05, 3.63) is 230 Å². The number of esters is 3. The molecule has 0 aliphatic heterocycles. The number of imidazole rings is 2. The van der Waals surface area contributed by atoms with Crippen LogP contribution in [0.15, 0.2) is 133 Å². The number of aryl methyl sites for hydroxylation is 4. The molecule has 2 aliphatic rings. The molecule has 9 aromatic rings. The molecule has 1 N–H and O–H groups in total. The molecule has 6 atom stereocenters. The van der Waals surface area contributed by atoms with Gasteiger partial charge in [-0.05, 0) is 173 Å². The van der Waals surface area contributed by atoms with Crippen LogP contribution in [0.2, 0.25) is 0 Å².